The number of fused-ring (bicyclic) bond motifs is 1. The number of rotatable bonds is 3. The number of amides is 1. The lowest BCUT2D eigenvalue weighted by atomic mass is 9.83. The number of hydrogen-bond acceptors (Lipinski definition) is 5. The zero-order valence-electron chi connectivity index (χ0n) is 15.7. The molecule has 0 unspecified atom stereocenters. The first-order valence-electron chi connectivity index (χ1n) is 9.58. The van der Waals surface area contributed by atoms with Gasteiger partial charge in [0, 0.05) is 31.9 Å². The molecule has 0 saturated carbocycles. The van der Waals surface area contributed by atoms with E-state index in [1.807, 2.05) is 28.0 Å². The third-order valence-electron chi connectivity index (χ3n) is 6.33. The predicted molar refractivity (Wildman–Crippen MR) is 103 cm³/mol. The van der Waals surface area contributed by atoms with Crippen LogP contribution in [0.15, 0.2) is 24.3 Å². The summed E-state index contributed by atoms with van der Waals surface area (Å²) >= 11 is 0. The van der Waals surface area contributed by atoms with Gasteiger partial charge in [-0.05, 0) is 37.3 Å². The van der Waals surface area contributed by atoms with E-state index in [-0.39, 0.29) is 12.5 Å². The number of piperidine rings is 1. The van der Waals surface area contributed by atoms with E-state index in [0.29, 0.717) is 39.0 Å². The summed E-state index contributed by atoms with van der Waals surface area (Å²) in [7, 11) is -3.35. The molecule has 0 bridgehead atoms. The number of likely N-dealkylation sites (tertiary alicyclic amines) is 1. The number of β-amino-alcohol motifs (C(OH)–C–C–N with tert-alkyl or cyclic N) is 1. The third-order valence-corrected chi connectivity index (χ3v) is 7.67. The molecule has 0 radical (unpaired) electrons. The highest BCUT2D eigenvalue weighted by Crippen LogP contribution is 2.40. The predicted octanol–water partition coefficient (Wildman–Crippen LogP) is 0.437. The monoisotopic (exact) mass is 393 g/mol. The highest BCUT2D eigenvalue weighted by atomic mass is 32.2. The van der Waals surface area contributed by atoms with E-state index < -0.39 is 21.7 Å². The van der Waals surface area contributed by atoms with Crippen LogP contribution in [-0.2, 0) is 21.2 Å². The van der Waals surface area contributed by atoms with Gasteiger partial charge in [0.05, 0.1) is 24.4 Å². The second kappa shape index (κ2) is 6.84. The van der Waals surface area contributed by atoms with Crippen molar-refractivity contribution in [2.45, 2.75) is 37.3 Å². The maximum absolute atomic E-state index is 12.8. The molecule has 1 amide bonds. The number of sulfonamides is 1. The zero-order valence-corrected chi connectivity index (χ0v) is 16.5. The fourth-order valence-corrected chi connectivity index (χ4v) is 6.42. The minimum absolute atomic E-state index is 0.0366. The molecule has 1 aromatic rings. The molecular formula is C19H27N3O4S. The number of anilines is 1. The molecule has 1 aromatic carbocycles. The number of benzene rings is 1. The van der Waals surface area contributed by atoms with E-state index in [9.17, 15) is 18.3 Å². The van der Waals surface area contributed by atoms with Crippen LogP contribution in [-0.4, -0.2) is 79.3 Å². The van der Waals surface area contributed by atoms with Crippen LogP contribution in [0.3, 0.4) is 0 Å². The Bertz CT molecular complexity index is 843. The lowest BCUT2D eigenvalue weighted by Gasteiger charge is -2.47. The van der Waals surface area contributed by atoms with E-state index in [1.54, 1.807) is 0 Å². The van der Waals surface area contributed by atoms with Gasteiger partial charge in [-0.1, -0.05) is 18.2 Å². The number of para-hydroxylation sites is 1. The SMILES string of the molecule is CS(=O)(=O)N1CCC[C@@]12CCN(CC(=O)N1CCc3ccccc31)C[C@@H]2O. The van der Waals surface area contributed by atoms with E-state index in [0.717, 1.165) is 18.5 Å². The molecule has 0 aromatic heterocycles. The molecular weight excluding hydrogens is 366 g/mol. The largest absolute Gasteiger partial charge is 0.390 e. The average Bonchev–Trinajstić information content (AvgIpc) is 3.23. The van der Waals surface area contributed by atoms with Crippen LogP contribution >= 0.6 is 0 Å². The van der Waals surface area contributed by atoms with Crippen molar-refractivity contribution in [2.75, 3.05) is 43.9 Å². The van der Waals surface area contributed by atoms with Gasteiger partial charge >= 0.3 is 0 Å². The van der Waals surface area contributed by atoms with Gasteiger partial charge in [0.2, 0.25) is 15.9 Å². The van der Waals surface area contributed by atoms with Gasteiger partial charge in [-0.3, -0.25) is 9.69 Å². The van der Waals surface area contributed by atoms with Gasteiger partial charge in [0.15, 0.2) is 0 Å². The number of aliphatic hydroxyl groups excluding tert-OH is 1. The summed E-state index contributed by atoms with van der Waals surface area (Å²) in [4.78, 5) is 16.6. The first-order valence-corrected chi connectivity index (χ1v) is 11.4. The molecule has 8 heteroatoms. The fourth-order valence-electron chi connectivity index (χ4n) is 5.00. The van der Waals surface area contributed by atoms with Gasteiger partial charge in [0.25, 0.3) is 0 Å². The van der Waals surface area contributed by atoms with Crippen molar-refractivity contribution >= 4 is 21.6 Å². The molecule has 2 atom stereocenters. The van der Waals surface area contributed by atoms with Crippen molar-refractivity contribution in [3.63, 3.8) is 0 Å². The third kappa shape index (κ3) is 3.29. The van der Waals surface area contributed by atoms with Crippen molar-refractivity contribution in [2.24, 2.45) is 0 Å². The molecule has 3 heterocycles. The Kier molecular flexibility index (Phi) is 4.78. The van der Waals surface area contributed by atoms with E-state index in [4.69, 9.17) is 0 Å². The first-order chi connectivity index (χ1) is 12.8. The molecule has 27 heavy (non-hydrogen) atoms. The Morgan fingerprint density at radius 1 is 1.22 bits per heavy atom. The second-order valence-electron chi connectivity index (χ2n) is 7.97. The van der Waals surface area contributed by atoms with Crippen LogP contribution in [0.25, 0.3) is 0 Å². The molecule has 3 aliphatic rings. The topological polar surface area (TPSA) is 81.2 Å². The zero-order chi connectivity index (χ0) is 19.2. The lowest BCUT2D eigenvalue weighted by molar-refractivity contribution is -0.121. The minimum Gasteiger partial charge on any atom is -0.390 e. The van der Waals surface area contributed by atoms with E-state index >= 15 is 0 Å². The molecule has 148 valence electrons. The quantitative estimate of drug-likeness (QED) is 0.806. The van der Waals surface area contributed by atoms with Crippen LogP contribution < -0.4 is 4.90 Å². The van der Waals surface area contributed by atoms with E-state index in [2.05, 4.69) is 6.07 Å². The van der Waals surface area contributed by atoms with Crippen molar-refractivity contribution in [1.29, 1.82) is 0 Å². The summed E-state index contributed by atoms with van der Waals surface area (Å²) in [5.41, 5.74) is 1.47. The Hall–Kier alpha value is -1.48. The number of carbonyl (C=O) groups is 1. The Morgan fingerprint density at radius 3 is 2.74 bits per heavy atom. The van der Waals surface area contributed by atoms with Crippen molar-refractivity contribution in [3.8, 4) is 0 Å². The number of hydrogen-bond donors (Lipinski definition) is 1. The van der Waals surface area contributed by atoms with Gasteiger partial charge < -0.3 is 10.0 Å². The molecule has 1 N–H and O–H groups in total. The van der Waals surface area contributed by atoms with Crippen LogP contribution in [0.4, 0.5) is 5.69 Å². The maximum Gasteiger partial charge on any atom is 0.241 e. The van der Waals surface area contributed by atoms with Crippen molar-refractivity contribution in [3.05, 3.63) is 29.8 Å². The average molecular weight is 394 g/mol. The molecule has 1 spiro atoms. The van der Waals surface area contributed by atoms with Gasteiger partial charge in [-0.2, -0.15) is 4.31 Å². The first kappa shape index (κ1) is 18.9. The summed E-state index contributed by atoms with van der Waals surface area (Å²) in [6.45, 7) is 2.36. The fraction of sp³-hybridized carbons (Fsp3) is 0.632. The normalized spacial score (nSPS) is 29.4. The van der Waals surface area contributed by atoms with Crippen molar-refractivity contribution in [1.82, 2.24) is 9.21 Å². The number of carbonyl (C=O) groups excluding carboxylic acids is 1. The maximum atomic E-state index is 12.8. The smallest absolute Gasteiger partial charge is 0.241 e. The summed E-state index contributed by atoms with van der Waals surface area (Å²) in [6.07, 6.45) is 3.33. The van der Waals surface area contributed by atoms with Crippen molar-refractivity contribution < 1.29 is 18.3 Å². The Morgan fingerprint density at radius 2 is 2.00 bits per heavy atom. The van der Waals surface area contributed by atoms with Crippen LogP contribution in [0.5, 0.6) is 0 Å². The summed E-state index contributed by atoms with van der Waals surface area (Å²) in [5, 5.41) is 10.8. The highest BCUT2D eigenvalue weighted by Gasteiger charge is 2.52. The van der Waals surface area contributed by atoms with E-state index in [1.165, 1.54) is 16.1 Å². The van der Waals surface area contributed by atoms with Gasteiger partial charge in [-0.25, -0.2) is 8.42 Å². The van der Waals surface area contributed by atoms with Gasteiger partial charge in [-0.15, -0.1) is 0 Å². The molecule has 3 aliphatic heterocycles. The van der Waals surface area contributed by atoms with Gasteiger partial charge in [0.1, 0.15) is 0 Å². The molecule has 4 rings (SSSR count). The summed E-state index contributed by atoms with van der Waals surface area (Å²) < 4.78 is 25.8. The van der Waals surface area contributed by atoms with Crippen LogP contribution in [0.1, 0.15) is 24.8 Å². The number of aliphatic hydroxyl groups is 1. The second-order valence-corrected chi connectivity index (χ2v) is 9.87. The molecule has 2 fully saturated rings. The van der Waals surface area contributed by atoms with Crippen LogP contribution in [0, 0.1) is 0 Å². The molecule has 2 saturated heterocycles. The lowest BCUT2D eigenvalue weighted by Crippen LogP contribution is -2.63. The molecule has 0 aliphatic carbocycles. The Balaban J connectivity index is 1.43. The summed E-state index contributed by atoms with van der Waals surface area (Å²) in [6, 6.07) is 7.96. The number of nitrogens with zero attached hydrogens (tertiary/aromatic N) is 3. The summed E-state index contributed by atoms with van der Waals surface area (Å²) in [5.74, 6) is 0.0366. The molecule has 7 nitrogen and oxygen atoms in total. The minimum atomic E-state index is -3.35. The Labute approximate surface area is 160 Å². The standard InChI is InChI=1S/C19H27N3O4S/c1-27(25,26)22-10-4-8-19(22)9-12-20(13-17(19)23)14-18(24)21-11-7-15-5-2-3-6-16(15)21/h2-3,5-6,17,23H,4,7-14H2,1H3/t17-,19-/m0/s1. The van der Waals surface area contributed by atoms with Crippen LogP contribution in [0.2, 0.25) is 0 Å². The highest BCUT2D eigenvalue weighted by molar-refractivity contribution is 7.88.